The highest BCUT2D eigenvalue weighted by Crippen LogP contribution is 2.31. The van der Waals surface area contributed by atoms with Crippen molar-refractivity contribution in [3.05, 3.63) is 35.6 Å². The van der Waals surface area contributed by atoms with Crippen LogP contribution in [0.1, 0.15) is 46.1 Å². The number of nitrogens with one attached hydrogen (secondary N) is 1. The van der Waals surface area contributed by atoms with Gasteiger partial charge < -0.3 is 10.2 Å². The molecule has 1 aromatic rings. The van der Waals surface area contributed by atoms with Crippen molar-refractivity contribution < 1.29 is 9.18 Å². The maximum Gasteiger partial charge on any atom is 0.210 e. The highest BCUT2D eigenvalue weighted by molar-refractivity contribution is 5.48. The van der Waals surface area contributed by atoms with Crippen molar-refractivity contribution in [1.82, 2.24) is 10.2 Å². The van der Waals surface area contributed by atoms with E-state index in [2.05, 4.69) is 33.0 Å². The molecule has 1 heterocycles. The maximum absolute atomic E-state index is 13.8. The zero-order valence-electron chi connectivity index (χ0n) is 13.3. The van der Waals surface area contributed by atoms with Crippen LogP contribution in [0.5, 0.6) is 0 Å². The van der Waals surface area contributed by atoms with Crippen LogP contribution in [0.25, 0.3) is 0 Å². The Morgan fingerprint density at radius 2 is 1.81 bits per heavy atom. The summed E-state index contributed by atoms with van der Waals surface area (Å²) < 4.78 is 13.8. The van der Waals surface area contributed by atoms with Gasteiger partial charge in [-0.2, -0.15) is 0 Å². The summed E-state index contributed by atoms with van der Waals surface area (Å²) in [5.74, 6) is -0.253. The first-order chi connectivity index (χ1) is 9.72. The summed E-state index contributed by atoms with van der Waals surface area (Å²) in [6.07, 6.45) is 2.59. The van der Waals surface area contributed by atoms with Crippen LogP contribution < -0.4 is 5.32 Å². The summed E-state index contributed by atoms with van der Waals surface area (Å²) in [4.78, 5) is 13.3. The Bertz CT molecular complexity index is 497. The second-order valence-corrected chi connectivity index (χ2v) is 7.32. The van der Waals surface area contributed by atoms with E-state index in [1.807, 2.05) is 0 Å². The minimum Gasteiger partial charge on any atom is -0.338 e. The smallest absolute Gasteiger partial charge is 0.210 e. The fraction of sp³-hybridized carbons (Fsp3) is 0.588. The summed E-state index contributed by atoms with van der Waals surface area (Å²) in [6.45, 7) is 8.91. The normalized spacial score (nSPS) is 21.0. The van der Waals surface area contributed by atoms with E-state index in [4.69, 9.17) is 0 Å². The minimum atomic E-state index is -0.253. The zero-order chi connectivity index (χ0) is 15.7. The Kier molecular flexibility index (Phi) is 4.38. The Morgan fingerprint density at radius 1 is 1.24 bits per heavy atom. The quantitative estimate of drug-likeness (QED) is 0.865. The highest BCUT2D eigenvalue weighted by Gasteiger charge is 2.39. The number of nitrogens with zero attached hydrogens (tertiary/aromatic N) is 1. The lowest BCUT2D eigenvalue weighted by molar-refractivity contribution is -0.122. The first kappa shape index (κ1) is 16.0. The van der Waals surface area contributed by atoms with Gasteiger partial charge in [0.15, 0.2) is 0 Å². The molecule has 1 N–H and O–H groups in total. The molecule has 0 spiro atoms. The van der Waals surface area contributed by atoms with E-state index in [-0.39, 0.29) is 22.9 Å². The summed E-state index contributed by atoms with van der Waals surface area (Å²) in [5.41, 5.74) is 0.491. The van der Waals surface area contributed by atoms with Crippen molar-refractivity contribution in [1.29, 1.82) is 0 Å². The molecule has 1 aliphatic heterocycles. The number of halogens is 1. The maximum atomic E-state index is 13.8. The minimum absolute atomic E-state index is 0.0388. The third-order valence-electron chi connectivity index (χ3n) is 4.08. The van der Waals surface area contributed by atoms with Gasteiger partial charge in [-0.25, -0.2) is 4.39 Å². The summed E-state index contributed by atoms with van der Waals surface area (Å²) in [7, 11) is 0. The van der Waals surface area contributed by atoms with E-state index in [9.17, 15) is 9.18 Å². The van der Waals surface area contributed by atoms with Crippen molar-refractivity contribution in [2.75, 3.05) is 0 Å². The lowest BCUT2D eigenvalue weighted by atomic mass is 9.79. The molecule has 4 heteroatoms. The van der Waals surface area contributed by atoms with E-state index >= 15 is 0 Å². The molecule has 0 radical (unpaired) electrons. The van der Waals surface area contributed by atoms with Crippen LogP contribution in [0.15, 0.2) is 24.3 Å². The van der Waals surface area contributed by atoms with Crippen LogP contribution in [0.3, 0.4) is 0 Å². The van der Waals surface area contributed by atoms with Gasteiger partial charge in [0.1, 0.15) is 5.82 Å². The summed E-state index contributed by atoms with van der Waals surface area (Å²) in [5, 5.41) is 3.60. The van der Waals surface area contributed by atoms with E-state index in [0.29, 0.717) is 12.1 Å². The monoisotopic (exact) mass is 292 g/mol. The molecule has 1 amide bonds. The molecule has 2 rings (SSSR count). The highest BCUT2D eigenvalue weighted by atomic mass is 19.1. The topological polar surface area (TPSA) is 32.3 Å². The molecule has 1 aromatic carbocycles. The van der Waals surface area contributed by atoms with Crippen molar-refractivity contribution in [3.8, 4) is 0 Å². The molecule has 0 unspecified atom stereocenters. The van der Waals surface area contributed by atoms with Crippen molar-refractivity contribution >= 4 is 6.41 Å². The number of amides is 1. The fourth-order valence-electron chi connectivity index (χ4n) is 3.58. The second kappa shape index (κ2) is 5.76. The molecule has 1 aliphatic rings. The lowest BCUT2D eigenvalue weighted by Gasteiger charge is -2.49. The number of carbonyl (C=O) groups excluding carboxylic acids is 1. The molecule has 0 bridgehead atoms. The molecule has 1 fully saturated rings. The molecule has 1 saturated heterocycles. The molecule has 21 heavy (non-hydrogen) atoms. The van der Waals surface area contributed by atoms with Gasteiger partial charge in [0.25, 0.3) is 0 Å². The molecule has 0 aromatic heterocycles. The van der Waals surface area contributed by atoms with Gasteiger partial charge in [0.05, 0.1) is 0 Å². The van der Waals surface area contributed by atoms with Gasteiger partial charge >= 0.3 is 0 Å². The van der Waals surface area contributed by atoms with Crippen LogP contribution in [0.2, 0.25) is 0 Å². The Balaban J connectivity index is 2.17. The van der Waals surface area contributed by atoms with Gasteiger partial charge in [0.2, 0.25) is 6.41 Å². The van der Waals surface area contributed by atoms with Gasteiger partial charge in [-0.15, -0.1) is 0 Å². The summed E-state index contributed by atoms with van der Waals surface area (Å²) in [6, 6.07) is 6.77. The number of carbonyl (C=O) groups is 1. The molecule has 116 valence electrons. The predicted octanol–water partition coefficient (Wildman–Crippen LogP) is 3.09. The van der Waals surface area contributed by atoms with Crippen molar-refractivity contribution in [3.63, 3.8) is 0 Å². The molecule has 0 saturated carbocycles. The van der Waals surface area contributed by atoms with Crippen molar-refractivity contribution in [2.24, 2.45) is 0 Å². The van der Waals surface area contributed by atoms with Crippen molar-refractivity contribution in [2.45, 2.75) is 64.2 Å². The van der Waals surface area contributed by atoms with E-state index < -0.39 is 0 Å². The molecular formula is C17H25FN2O. The molecule has 3 nitrogen and oxygen atoms in total. The van der Waals surface area contributed by atoms with Crippen LogP contribution in [-0.2, 0) is 11.3 Å². The third-order valence-corrected chi connectivity index (χ3v) is 4.08. The molecule has 0 atom stereocenters. The van der Waals surface area contributed by atoms with Gasteiger partial charge in [-0.05, 0) is 46.6 Å². The van der Waals surface area contributed by atoms with Gasteiger partial charge in [-0.1, -0.05) is 18.2 Å². The Morgan fingerprint density at radius 3 is 2.33 bits per heavy atom. The van der Waals surface area contributed by atoms with Crippen LogP contribution in [0, 0.1) is 5.82 Å². The van der Waals surface area contributed by atoms with Gasteiger partial charge in [0, 0.05) is 29.2 Å². The first-order valence-electron chi connectivity index (χ1n) is 7.46. The van der Waals surface area contributed by atoms with Crippen LogP contribution >= 0.6 is 0 Å². The number of rotatable bonds is 4. The predicted molar refractivity (Wildman–Crippen MR) is 82.3 cm³/mol. The van der Waals surface area contributed by atoms with E-state index in [0.717, 1.165) is 19.3 Å². The standard InChI is InChI=1S/C17H25FN2O/c1-16(2)9-14(10-17(3,4)19-16)20(12-21)11-13-7-5-6-8-15(13)18/h5-8,12,14,19H,9-11H2,1-4H3. The van der Waals surface area contributed by atoms with Gasteiger partial charge in [-0.3, -0.25) is 4.79 Å². The summed E-state index contributed by atoms with van der Waals surface area (Å²) >= 11 is 0. The lowest BCUT2D eigenvalue weighted by Crippen LogP contribution is -2.62. The Labute approximate surface area is 126 Å². The number of piperidine rings is 1. The van der Waals surface area contributed by atoms with Crippen LogP contribution in [0.4, 0.5) is 4.39 Å². The van der Waals surface area contributed by atoms with Crippen LogP contribution in [-0.4, -0.2) is 28.4 Å². The number of benzene rings is 1. The molecular weight excluding hydrogens is 267 g/mol. The Hall–Kier alpha value is -1.42. The van der Waals surface area contributed by atoms with E-state index in [1.165, 1.54) is 6.07 Å². The zero-order valence-corrected chi connectivity index (χ0v) is 13.3. The fourth-order valence-corrected chi connectivity index (χ4v) is 3.58. The third kappa shape index (κ3) is 4.03. The first-order valence-corrected chi connectivity index (χ1v) is 7.46. The SMILES string of the molecule is CC1(C)CC(N(C=O)Cc2ccccc2F)CC(C)(C)N1. The largest absolute Gasteiger partial charge is 0.338 e. The average Bonchev–Trinajstić information content (AvgIpc) is 2.34. The number of hydrogen-bond donors (Lipinski definition) is 1. The molecule has 0 aliphatic carbocycles. The average molecular weight is 292 g/mol. The van der Waals surface area contributed by atoms with E-state index in [1.54, 1.807) is 23.1 Å². The number of hydrogen-bond acceptors (Lipinski definition) is 2. The second-order valence-electron chi connectivity index (χ2n) is 7.32.